The number of halogens is 2. The van der Waals surface area contributed by atoms with Crippen LogP contribution in [0.2, 0.25) is 0 Å². The van der Waals surface area contributed by atoms with Gasteiger partial charge >= 0.3 is 0 Å². The van der Waals surface area contributed by atoms with Gasteiger partial charge in [0.05, 0.1) is 13.7 Å². The molecule has 0 aliphatic carbocycles. The maximum Gasteiger partial charge on any atom is 0.266 e. The number of carbonyl (C=O) groups excluding carboxylic acids is 1. The Bertz CT molecular complexity index is 889. The van der Waals surface area contributed by atoms with Crippen molar-refractivity contribution in [3.05, 3.63) is 56.5 Å². The molecule has 0 saturated heterocycles. The summed E-state index contributed by atoms with van der Waals surface area (Å²) in [4.78, 5) is 12.4. The summed E-state index contributed by atoms with van der Waals surface area (Å²) in [6.45, 7) is 2.33. The molecule has 1 amide bonds. The maximum absolute atomic E-state index is 12.4. The van der Waals surface area contributed by atoms with E-state index >= 15 is 0 Å². The van der Waals surface area contributed by atoms with E-state index in [1.165, 1.54) is 6.08 Å². The van der Waals surface area contributed by atoms with Crippen LogP contribution < -0.4 is 14.8 Å². The molecule has 0 aromatic heterocycles. The lowest BCUT2D eigenvalue weighted by atomic mass is 10.1. The van der Waals surface area contributed by atoms with E-state index in [-0.39, 0.29) is 5.57 Å². The minimum atomic E-state index is -0.494. The summed E-state index contributed by atoms with van der Waals surface area (Å²) in [5.74, 6) is 0.605. The molecule has 134 valence electrons. The smallest absolute Gasteiger partial charge is 0.266 e. The van der Waals surface area contributed by atoms with Gasteiger partial charge in [-0.3, -0.25) is 4.79 Å². The van der Waals surface area contributed by atoms with Crippen molar-refractivity contribution in [2.45, 2.75) is 6.92 Å². The molecule has 0 aliphatic heterocycles. The van der Waals surface area contributed by atoms with E-state index in [1.54, 1.807) is 37.4 Å². The molecule has 2 aromatic rings. The normalized spacial score (nSPS) is 10.8. The summed E-state index contributed by atoms with van der Waals surface area (Å²) in [6, 6.07) is 12.5. The van der Waals surface area contributed by atoms with Crippen LogP contribution >= 0.6 is 31.9 Å². The van der Waals surface area contributed by atoms with Gasteiger partial charge < -0.3 is 14.8 Å². The van der Waals surface area contributed by atoms with Crippen molar-refractivity contribution >= 4 is 49.5 Å². The van der Waals surface area contributed by atoms with Crippen LogP contribution in [-0.4, -0.2) is 19.6 Å². The third-order valence-electron chi connectivity index (χ3n) is 3.33. The maximum atomic E-state index is 12.4. The third kappa shape index (κ3) is 5.10. The summed E-state index contributed by atoms with van der Waals surface area (Å²) >= 11 is 6.77. The van der Waals surface area contributed by atoms with Crippen molar-refractivity contribution < 1.29 is 14.3 Å². The summed E-state index contributed by atoms with van der Waals surface area (Å²) in [5, 5.41) is 12.1. The Hall–Kier alpha value is -2.30. The number of nitrogens with one attached hydrogen (secondary N) is 1. The fourth-order valence-electron chi connectivity index (χ4n) is 2.16. The molecule has 0 unspecified atom stereocenters. The van der Waals surface area contributed by atoms with Crippen molar-refractivity contribution in [3.8, 4) is 17.6 Å². The van der Waals surface area contributed by atoms with Gasteiger partial charge in [-0.05, 0) is 48.9 Å². The van der Waals surface area contributed by atoms with Crippen LogP contribution in [-0.2, 0) is 4.79 Å². The van der Waals surface area contributed by atoms with Crippen LogP contribution in [0.25, 0.3) is 6.08 Å². The van der Waals surface area contributed by atoms with Crippen LogP contribution in [0.15, 0.2) is 50.9 Å². The van der Waals surface area contributed by atoms with E-state index in [0.717, 1.165) is 4.47 Å². The number of hydrogen-bond acceptors (Lipinski definition) is 4. The van der Waals surface area contributed by atoms with Crippen molar-refractivity contribution in [3.63, 3.8) is 0 Å². The van der Waals surface area contributed by atoms with Crippen molar-refractivity contribution in [2.24, 2.45) is 0 Å². The molecular weight excluding hydrogens is 464 g/mol. The van der Waals surface area contributed by atoms with E-state index in [2.05, 4.69) is 37.2 Å². The fraction of sp³-hybridized carbons (Fsp3) is 0.158. The van der Waals surface area contributed by atoms with Gasteiger partial charge in [-0.15, -0.1) is 0 Å². The average Bonchev–Trinajstić information content (AvgIpc) is 2.61. The van der Waals surface area contributed by atoms with Crippen molar-refractivity contribution in [1.29, 1.82) is 5.26 Å². The first-order valence-corrected chi connectivity index (χ1v) is 9.26. The quantitative estimate of drug-likeness (QED) is 0.458. The van der Waals surface area contributed by atoms with Gasteiger partial charge in [0.15, 0.2) is 11.5 Å². The number of benzene rings is 2. The molecule has 0 fully saturated rings. The van der Waals surface area contributed by atoms with Gasteiger partial charge in [0.25, 0.3) is 5.91 Å². The zero-order valence-corrected chi connectivity index (χ0v) is 17.3. The zero-order valence-electron chi connectivity index (χ0n) is 14.2. The predicted octanol–water partition coefficient (Wildman–Crippen LogP) is 5.16. The van der Waals surface area contributed by atoms with Crippen LogP contribution in [0.3, 0.4) is 0 Å². The largest absolute Gasteiger partial charge is 0.493 e. The van der Waals surface area contributed by atoms with Gasteiger partial charge in [-0.1, -0.05) is 37.9 Å². The first-order chi connectivity index (χ1) is 12.5. The molecule has 26 heavy (non-hydrogen) atoms. The highest BCUT2D eigenvalue weighted by Gasteiger charge is 2.13. The van der Waals surface area contributed by atoms with E-state index in [1.807, 2.05) is 19.1 Å². The molecule has 2 rings (SSSR count). The SMILES string of the molecule is CCOc1cc(/C=C(/C#N)C(=O)Nc2cccc(Br)c2)c(Br)cc1OC. The first-order valence-electron chi connectivity index (χ1n) is 7.67. The molecule has 0 bridgehead atoms. The lowest BCUT2D eigenvalue weighted by Crippen LogP contribution is -2.13. The molecule has 0 spiro atoms. The lowest BCUT2D eigenvalue weighted by molar-refractivity contribution is -0.112. The monoisotopic (exact) mass is 478 g/mol. The minimum Gasteiger partial charge on any atom is -0.493 e. The van der Waals surface area contributed by atoms with E-state index in [4.69, 9.17) is 9.47 Å². The van der Waals surface area contributed by atoms with E-state index in [9.17, 15) is 10.1 Å². The molecule has 2 aromatic carbocycles. The number of methoxy groups -OCH3 is 1. The van der Waals surface area contributed by atoms with Gasteiger partial charge in [0.1, 0.15) is 11.6 Å². The Morgan fingerprint density at radius 3 is 2.65 bits per heavy atom. The number of hydrogen-bond donors (Lipinski definition) is 1. The number of rotatable bonds is 6. The second-order valence-corrected chi connectivity index (χ2v) is 6.86. The number of carbonyl (C=O) groups is 1. The second-order valence-electron chi connectivity index (χ2n) is 5.09. The Labute approximate surface area is 168 Å². The van der Waals surface area contributed by atoms with Crippen LogP contribution in [0.4, 0.5) is 5.69 Å². The van der Waals surface area contributed by atoms with Gasteiger partial charge in [-0.2, -0.15) is 5.26 Å². The average molecular weight is 480 g/mol. The molecule has 0 saturated carbocycles. The molecule has 1 N–H and O–H groups in total. The molecule has 0 radical (unpaired) electrons. The number of nitriles is 1. The van der Waals surface area contributed by atoms with E-state index < -0.39 is 5.91 Å². The van der Waals surface area contributed by atoms with Gasteiger partial charge in [0, 0.05) is 14.6 Å². The van der Waals surface area contributed by atoms with Crippen molar-refractivity contribution in [1.82, 2.24) is 0 Å². The lowest BCUT2D eigenvalue weighted by Gasteiger charge is -2.12. The number of amides is 1. The molecule has 5 nitrogen and oxygen atoms in total. The Morgan fingerprint density at radius 1 is 1.27 bits per heavy atom. The standard InChI is InChI=1S/C19H16Br2N2O3/c1-3-26-18-8-12(16(21)10-17(18)25-2)7-13(11-22)19(24)23-15-6-4-5-14(20)9-15/h4-10H,3H2,1-2H3,(H,23,24)/b13-7-. The summed E-state index contributed by atoms with van der Waals surface area (Å²) in [5.41, 5.74) is 1.20. The summed E-state index contributed by atoms with van der Waals surface area (Å²) in [7, 11) is 1.55. The topological polar surface area (TPSA) is 71.3 Å². The molecule has 0 atom stereocenters. The molecule has 7 heteroatoms. The first kappa shape index (κ1) is 20.0. The summed E-state index contributed by atoms with van der Waals surface area (Å²) in [6.07, 6.45) is 1.50. The van der Waals surface area contributed by atoms with Gasteiger partial charge in [-0.25, -0.2) is 0 Å². The summed E-state index contributed by atoms with van der Waals surface area (Å²) < 4.78 is 12.3. The zero-order chi connectivity index (χ0) is 19.1. The van der Waals surface area contributed by atoms with Crippen LogP contribution in [0, 0.1) is 11.3 Å². The van der Waals surface area contributed by atoms with E-state index in [0.29, 0.717) is 33.8 Å². The number of nitrogens with zero attached hydrogens (tertiary/aromatic N) is 1. The van der Waals surface area contributed by atoms with Crippen molar-refractivity contribution in [2.75, 3.05) is 19.0 Å². The van der Waals surface area contributed by atoms with Crippen LogP contribution in [0.5, 0.6) is 11.5 Å². The minimum absolute atomic E-state index is 0.0294. The highest BCUT2D eigenvalue weighted by molar-refractivity contribution is 9.10. The highest BCUT2D eigenvalue weighted by Crippen LogP contribution is 2.34. The Kier molecular flexibility index (Phi) is 7.25. The number of anilines is 1. The third-order valence-corrected chi connectivity index (χ3v) is 4.51. The van der Waals surface area contributed by atoms with Gasteiger partial charge in [0.2, 0.25) is 0 Å². The Morgan fingerprint density at radius 2 is 2.04 bits per heavy atom. The predicted molar refractivity (Wildman–Crippen MR) is 108 cm³/mol. The second kappa shape index (κ2) is 9.41. The molecule has 0 aliphatic rings. The number of ether oxygens (including phenoxy) is 2. The molecule has 0 heterocycles. The fourth-order valence-corrected chi connectivity index (χ4v) is 2.99. The molecular formula is C19H16Br2N2O3. The van der Waals surface area contributed by atoms with Crippen LogP contribution in [0.1, 0.15) is 12.5 Å². The highest BCUT2D eigenvalue weighted by atomic mass is 79.9. The Balaban J connectivity index is 2.34.